The monoisotopic (exact) mass is 259 g/mol. The van der Waals surface area contributed by atoms with Gasteiger partial charge in [-0.2, -0.15) is 0 Å². The summed E-state index contributed by atoms with van der Waals surface area (Å²) < 4.78 is 0. The van der Waals surface area contributed by atoms with Gasteiger partial charge in [-0.15, -0.1) is 0 Å². The third kappa shape index (κ3) is 2.89. The van der Waals surface area contributed by atoms with Gasteiger partial charge < -0.3 is 10.4 Å². The molecule has 2 atom stereocenters. The molecule has 0 saturated heterocycles. The zero-order chi connectivity index (χ0) is 11.7. The lowest BCUT2D eigenvalue weighted by Gasteiger charge is -2.20. The van der Waals surface area contributed by atoms with Crippen molar-refractivity contribution >= 4 is 23.2 Å². The number of hydrogen-bond donors (Lipinski definition) is 2. The number of halogens is 2. The Labute approximate surface area is 106 Å². The number of rotatable bonds is 4. The Balaban J connectivity index is 2.06. The van der Waals surface area contributed by atoms with Gasteiger partial charge in [-0.1, -0.05) is 29.3 Å². The van der Waals surface area contributed by atoms with Crippen LogP contribution in [0, 0.1) is 0 Å². The van der Waals surface area contributed by atoms with Crippen molar-refractivity contribution in [3.8, 4) is 0 Å². The van der Waals surface area contributed by atoms with Crippen molar-refractivity contribution in [2.75, 3.05) is 0 Å². The quantitative estimate of drug-likeness (QED) is 0.871. The maximum Gasteiger partial charge on any atom is 0.0940 e. The smallest absolute Gasteiger partial charge is 0.0940 e. The van der Waals surface area contributed by atoms with E-state index in [0.29, 0.717) is 16.1 Å². The minimum atomic E-state index is -0.546. The van der Waals surface area contributed by atoms with Crippen LogP contribution in [0.4, 0.5) is 0 Å². The van der Waals surface area contributed by atoms with E-state index in [0.717, 1.165) is 5.56 Å². The van der Waals surface area contributed by atoms with Crippen LogP contribution in [0.5, 0.6) is 0 Å². The summed E-state index contributed by atoms with van der Waals surface area (Å²) in [6.07, 6.45) is 1.87. The molecule has 2 N–H and O–H groups in total. The minimum Gasteiger partial charge on any atom is -0.387 e. The average Bonchev–Trinajstić information content (AvgIpc) is 3.05. The van der Waals surface area contributed by atoms with Gasteiger partial charge in [-0.25, -0.2) is 0 Å². The predicted octanol–water partition coefficient (Wildman–Crippen LogP) is 3.17. The minimum absolute atomic E-state index is 0.0322. The van der Waals surface area contributed by atoms with Crippen LogP contribution in [0.2, 0.25) is 10.0 Å². The first kappa shape index (κ1) is 12.2. The average molecular weight is 260 g/mol. The van der Waals surface area contributed by atoms with Crippen molar-refractivity contribution in [3.05, 3.63) is 33.8 Å². The summed E-state index contributed by atoms with van der Waals surface area (Å²) in [5.74, 6) is 0. The van der Waals surface area contributed by atoms with Gasteiger partial charge in [0.25, 0.3) is 0 Å². The predicted molar refractivity (Wildman–Crippen MR) is 67.0 cm³/mol. The van der Waals surface area contributed by atoms with Crippen LogP contribution in [0.3, 0.4) is 0 Å². The Bertz CT molecular complexity index is 379. The first-order valence-corrected chi connectivity index (χ1v) is 6.22. The Morgan fingerprint density at radius 1 is 1.31 bits per heavy atom. The van der Waals surface area contributed by atoms with E-state index in [2.05, 4.69) is 5.32 Å². The Morgan fingerprint density at radius 2 is 2.00 bits per heavy atom. The van der Waals surface area contributed by atoms with Gasteiger partial charge in [0.05, 0.1) is 16.1 Å². The SMILES string of the molecule is CC(NC1CC1)C(O)c1ccc(Cl)c(Cl)c1. The topological polar surface area (TPSA) is 32.3 Å². The summed E-state index contributed by atoms with van der Waals surface area (Å²) in [5.41, 5.74) is 0.801. The van der Waals surface area contributed by atoms with E-state index in [1.165, 1.54) is 12.8 Å². The summed E-state index contributed by atoms with van der Waals surface area (Å²) in [6.45, 7) is 1.98. The molecule has 0 aliphatic heterocycles. The number of benzene rings is 1. The third-order valence-electron chi connectivity index (χ3n) is 2.83. The Hall–Kier alpha value is -0.280. The normalized spacial score (nSPS) is 19.5. The Kier molecular flexibility index (Phi) is 3.75. The van der Waals surface area contributed by atoms with Crippen LogP contribution < -0.4 is 5.32 Å². The second-order valence-electron chi connectivity index (χ2n) is 4.35. The molecule has 0 aromatic heterocycles. The molecular weight excluding hydrogens is 245 g/mol. The highest BCUT2D eigenvalue weighted by Gasteiger charge is 2.26. The van der Waals surface area contributed by atoms with Crippen molar-refractivity contribution in [2.24, 2.45) is 0 Å². The first-order chi connectivity index (χ1) is 7.58. The van der Waals surface area contributed by atoms with E-state index in [9.17, 15) is 5.11 Å². The largest absolute Gasteiger partial charge is 0.387 e. The molecule has 1 aromatic rings. The highest BCUT2D eigenvalue weighted by atomic mass is 35.5. The second kappa shape index (κ2) is 4.92. The standard InChI is InChI=1S/C12H15Cl2NO/c1-7(15-9-3-4-9)12(16)8-2-5-10(13)11(14)6-8/h2,5-7,9,12,15-16H,3-4H2,1H3. The van der Waals surface area contributed by atoms with E-state index in [1.54, 1.807) is 12.1 Å². The molecule has 2 rings (SSSR count). The molecule has 0 heterocycles. The molecule has 16 heavy (non-hydrogen) atoms. The molecule has 1 aliphatic carbocycles. The lowest BCUT2D eigenvalue weighted by Crippen LogP contribution is -2.33. The van der Waals surface area contributed by atoms with E-state index >= 15 is 0 Å². The lowest BCUT2D eigenvalue weighted by atomic mass is 10.0. The van der Waals surface area contributed by atoms with Crippen LogP contribution in [0.25, 0.3) is 0 Å². The van der Waals surface area contributed by atoms with E-state index in [4.69, 9.17) is 23.2 Å². The molecule has 88 valence electrons. The van der Waals surface area contributed by atoms with E-state index in [1.807, 2.05) is 13.0 Å². The summed E-state index contributed by atoms with van der Waals surface area (Å²) in [4.78, 5) is 0. The van der Waals surface area contributed by atoms with Crippen molar-refractivity contribution in [1.29, 1.82) is 0 Å². The fourth-order valence-corrected chi connectivity index (χ4v) is 2.00. The van der Waals surface area contributed by atoms with Gasteiger partial charge in [0, 0.05) is 12.1 Å². The number of aliphatic hydroxyl groups is 1. The maximum atomic E-state index is 10.1. The molecule has 1 saturated carbocycles. The van der Waals surface area contributed by atoms with Gasteiger partial charge in [-0.3, -0.25) is 0 Å². The van der Waals surface area contributed by atoms with Crippen molar-refractivity contribution < 1.29 is 5.11 Å². The molecule has 0 spiro atoms. The van der Waals surface area contributed by atoms with Gasteiger partial charge in [0.1, 0.15) is 0 Å². The van der Waals surface area contributed by atoms with Crippen LogP contribution in [0.1, 0.15) is 31.4 Å². The van der Waals surface area contributed by atoms with Crippen LogP contribution in [-0.4, -0.2) is 17.2 Å². The molecule has 1 aliphatic rings. The first-order valence-electron chi connectivity index (χ1n) is 5.47. The molecule has 2 nitrogen and oxygen atoms in total. The summed E-state index contributed by atoms with van der Waals surface area (Å²) in [7, 11) is 0. The molecule has 1 aromatic carbocycles. The zero-order valence-electron chi connectivity index (χ0n) is 9.08. The summed E-state index contributed by atoms with van der Waals surface area (Å²) in [5, 5.41) is 14.5. The lowest BCUT2D eigenvalue weighted by molar-refractivity contribution is 0.135. The Morgan fingerprint density at radius 3 is 2.56 bits per heavy atom. The third-order valence-corrected chi connectivity index (χ3v) is 3.57. The molecular formula is C12H15Cl2NO. The van der Waals surface area contributed by atoms with Crippen molar-refractivity contribution in [2.45, 2.75) is 38.0 Å². The molecule has 4 heteroatoms. The van der Waals surface area contributed by atoms with Gasteiger partial charge in [0.2, 0.25) is 0 Å². The fourth-order valence-electron chi connectivity index (χ4n) is 1.70. The highest BCUT2D eigenvalue weighted by Crippen LogP contribution is 2.28. The number of nitrogens with one attached hydrogen (secondary N) is 1. The molecule has 0 bridgehead atoms. The highest BCUT2D eigenvalue weighted by molar-refractivity contribution is 6.42. The van der Waals surface area contributed by atoms with Crippen molar-refractivity contribution in [1.82, 2.24) is 5.32 Å². The van der Waals surface area contributed by atoms with Gasteiger partial charge in [-0.05, 0) is 37.5 Å². The molecule has 2 unspecified atom stereocenters. The molecule has 1 fully saturated rings. The maximum absolute atomic E-state index is 10.1. The van der Waals surface area contributed by atoms with Crippen LogP contribution >= 0.6 is 23.2 Å². The molecule has 0 radical (unpaired) electrons. The van der Waals surface area contributed by atoms with Crippen molar-refractivity contribution in [3.63, 3.8) is 0 Å². The summed E-state index contributed by atoms with van der Waals surface area (Å²) in [6, 6.07) is 5.85. The number of hydrogen-bond acceptors (Lipinski definition) is 2. The number of aliphatic hydroxyl groups excluding tert-OH is 1. The zero-order valence-corrected chi connectivity index (χ0v) is 10.6. The van der Waals surface area contributed by atoms with Crippen LogP contribution in [0.15, 0.2) is 18.2 Å². The van der Waals surface area contributed by atoms with Gasteiger partial charge in [0.15, 0.2) is 0 Å². The fraction of sp³-hybridized carbons (Fsp3) is 0.500. The van der Waals surface area contributed by atoms with Gasteiger partial charge >= 0.3 is 0 Å². The molecule has 0 amide bonds. The van der Waals surface area contributed by atoms with E-state index < -0.39 is 6.10 Å². The second-order valence-corrected chi connectivity index (χ2v) is 5.16. The van der Waals surface area contributed by atoms with Crippen LogP contribution in [-0.2, 0) is 0 Å². The van der Waals surface area contributed by atoms with E-state index in [-0.39, 0.29) is 6.04 Å². The summed E-state index contributed by atoms with van der Waals surface area (Å²) >= 11 is 11.7.